The van der Waals surface area contributed by atoms with Crippen molar-refractivity contribution in [1.82, 2.24) is 15.5 Å². The van der Waals surface area contributed by atoms with E-state index in [1.54, 1.807) is 24.3 Å². The highest BCUT2D eigenvalue weighted by molar-refractivity contribution is 6.02. The van der Waals surface area contributed by atoms with Crippen molar-refractivity contribution in [3.63, 3.8) is 0 Å². The van der Waals surface area contributed by atoms with Gasteiger partial charge in [-0.2, -0.15) is 0 Å². The van der Waals surface area contributed by atoms with Crippen molar-refractivity contribution < 1.29 is 24.3 Å². The molecule has 3 N–H and O–H groups in total. The topological polar surface area (TPSA) is 116 Å². The Hall–Kier alpha value is -2.90. The Labute approximate surface area is 150 Å². The third-order valence-corrected chi connectivity index (χ3v) is 5.03. The molecule has 138 valence electrons. The monoisotopic (exact) mass is 359 g/mol. The first-order chi connectivity index (χ1) is 12.4. The highest BCUT2D eigenvalue weighted by Crippen LogP contribution is 2.41. The maximum absolute atomic E-state index is 12.4. The number of aliphatic carboxylic acids is 1. The number of piperazine rings is 1. The molecule has 1 heterocycles. The summed E-state index contributed by atoms with van der Waals surface area (Å²) in [4.78, 5) is 48.8. The molecule has 1 aromatic rings. The fourth-order valence-electron chi connectivity index (χ4n) is 3.18. The standard InChI is InChI=1S/C18H21N3O5/c22-14-11-21(9-8-19-14)15(23)13-4-2-12(3-5-13)10-20-16(24)18(17(25)26)6-1-7-18/h2-5H,1,6-11H2,(H,19,22)(H,20,24)(H,25,26). The molecule has 1 aliphatic carbocycles. The number of carboxylic acid groups (broad SMARTS) is 1. The van der Waals surface area contributed by atoms with E-state index in [1.165, 1.54) is 4.90 Å². The minimum Gasteiger partial charge on any atom is -0.480 e. The first-order valence-corrected chi connectivity index (χ1v) is 8.59. The van der Waals surface area contributed by atoms with E-state index in [-0.39, 0.29) is 24.9 Å². The van der Waals surface area contributed by atoms with Crippen LogP contribution in [0.25, 0.3) is 0 Å². The average Bonchev–Trinajstić information content (AvgIpc) is 2.58. The van der Waals surface area contributed by atoms with Gasteiger partial charge in [-0.15, -0.1) is 0 Å². The lowest BCUT2D eigenvalue weighted by Gasteiger charge is -2.35. The lowest BCUT2D eigenvalue weighted by Crippen LogP contribution is -2.50. The van der Waals surface area contributed by atoms with Crippen LogP contribution in [0.3, 0.4) is 0 Å². The Morgan fingerprint density at radius 3 is 2.42 bits per heavy atom. The summed E-state index contributed by atoms with van der Waals surface area (Å²) < 4.78 is 0. The zero-order valence-corrected chi connectivity index (χ0v) is 14.3. The van der Waals surface area contributed by atoms with Gasteiger partial charge in [0.25, 0.3) is 5.91 Å². The van der Waals surface area contributed by atoms with Gasteiger partial charge in [-0.25, -0.2) is 0 Å². The molecular weight excluding hydrogens is 338 g/mol. The summed E-state index contributed by atoms with van der Waals surface area (Å²) in [5.41, 5.74) is -0.0491. The molecule has 2 aliphatic rings. The van der Waals surface area contributed by atoms with Crippen LogP contribution in [0.15, 0.2) is 24.3 Å². The van der Waals surface area contributed by atoms with E-state index in [9.17, 15) is 24.3 Å². The molecule has 26 heavy (non-hydrogen) atoms. The summed E-state index contributed by atoms with van der Waals surface area (Å²) in [5, 5.41) is 14.6. The van der Waals surface area contributed by atoms with Crippen molar-refractivity contribution in [2.75, 3.05) is 19.6 Å². The molecule has 1 aromatic carbocycles. The quantitative estimate of drug-likeness (QED) is 0.646. The number of nitrogens with one attached hydrogen (secondary N) is 2. The molecule has 8 nitrogen and oxygen atoms in total. The van der Waals surface area contributed by atoms with Crippen LogP contribution < -0.4 is 10.6 Å². The van der Waals surface area contributed by atoms with E-state index in [4.69, 9.17) is 0 Å². The van der Waals surface area contributed by atoms with E-state index in [0.717, 1.165) is 12.0 Å². The third kappa shape index (κ3) is 3.40. The van der Waals surface area contributed by atoms with Gasteiger partial charge in [0, 0.05) is 25.2 Å². The predicted molar refractivity (Wildman–Crippen MR) is 91.1 cm³/mol. The molecule has 0 unspecified atom stereocenters. The van der Waals surface area contributed by atoms with Crippen LogP contribution in [-0.2, 0) is 20.9 Å². The van der Waals surface area contributed by atoms with E-state index < -0.39 is 17.3 Å². The molecule has 0 bridgehead atoms. The molecule has 0 spiro atoms. The number of nitrogens with zero attached hydrogens (tertiary/aromatic N) is 1. The molecule has 0 aromatic heterocycles. The predicted octanol–water partition coefficient (Wildman–Crippen LogP) is 0.130. The molecule has 8 heteroatoms. The van der Waals surface area contributed by atoms with E-state index in [1.807, 2.05) is 0 Å². The van der Waals surface area contributed by atoms with E-state index in [2.05, 4.69) is 10.6 Å². The van der Waals surface area contributed by atoms with Gasteiger partial charge in [-0.05, 0) is 30.5 Å². The lowest BCUT2D eigenvalue weighted by atomic mass is 9.68. The molecule has 1 saturated carbocycles. The normalized spacial score (nSPS) is 18.5. The smallest absolute Gasteiger partial charge is 0.319 e. The minimum atomic E-state index is -1.29. The summed E-state index contributed by atoms with van der Waals surface area (Å²) in [7, 11) is 0. The van der Waals surface area contributed by atoms with Crippen LogP contribution in [-0.4, -0.2) is 53.3 Å². The second-order valence-corrected chi connectivity index (χ2v) is 6.70. The third-order valence-electron chi connectivity index (χ3n) is 5.03. The van der Waals surface area contributed by atoms with Gasteiger partial charge in [0.15, 0.2) is 0 Å². The van der Waals surface area contributed by atoms with Crippen molar-refractivity contribution >= 4 is 23.7 Å². The van der Waals surface area contributed by atoms with Crippen molar-refractivity contribution in [2.24, 2.45) is 5.41 Å². The Bertz CT molecular complexity index is 740. The summed E-state index contributed by atoms with van der Waals surface area (Å²) >= 11 is 0. The number of hydrogen-bond donors (Lipinski definition) is 3. The maximum Gasteiger partial charge on any atom is 0.319 e. The maximum atomic E-state index is 12.4. The van der Waals surface area contributed by atoms with Crippen molar-refractivity contribution in [3.8, 4) is 0 Å². The molecule has 0 radical (unpaired) electrons. The number of carbonyl (C=O) groups is 4. The molecule has 0 atom stereocenters. The number of benzene rings is 1. The first-order valence-electron chi connectivity index (χ1n) is 8.59. The Balaban J connectivity index is 1.58. The second-order valence-electron chi connectivity index (χ2n) is 6.70. The van der Waals surface area contributed by atoms with Crippen LogP contribution >= 0.6 is 0 Å². The zero-order chi connectivity index (χ0) is 18.7. The summed E-state index contributed by atoms with van der Waals surface area (Å²) in [5.74, 6) is -1.93. The molecule has 1 saturated heterocycles. The summed E-state index contributed by atoms with van der Waals surface area (Å²) in [6.07, 6.45) is 1.47. The van der Waals surface area contributed by atoms with Gasteiger partial charge in [0.2, 0.25) is 11.8 Å². The molecule has 3 rings (SSSR count). The SMILES string of the molecule is O=C1CN(C(=O)c2ccc(CNC(=O)C3(C(=O)O)CCC3)cc2)CCN1. The van der Waals surface area contributed by atoms with Crippen LogP contribution in [0.1, 0.15) is 35.2 Å². The lowest BCUT2D eigenvalue weighted by molar-refractivity contribution is -0.162. The van der Waals surface area contributed by atoms with Gasteiger partial charge in [0.05, 0.1) is 6.54 Å². The van der Waals surface area contributed by atoms with Gasteiger partial charge in [0.1, 0.15) is 5.41 Å². The molecule has 2 fully saturated rings. The highest BCUT2D eigenvalue weighted by Gasteiger charge is 2.51. The van der Waals surface area contributed by atoms with Crippen LogP contribution in [0.4, 0.5) is 0 Å². The molecular formula is C18H21N3O5. The van der Waals surface area contributed by atoms with Crippen molar-refractivity contribution in [3.05, 3.63) is 35.4 Å². The fraction of sp³-hybridized carbons (Fsp3) is 0.444. The van der Waals surface area contributed by atoms with Crippen LogP contribution in [0.5, 0.6) is 0 Å². The number of hydrogen-bond acceptors (Lipinski definition) is 4. The molecule has 1 aliphatic heterocycles. The Morgan fingerprint density at radius 1 is 1.19 bits per heavy atom. The van der Waals surface area contributed by atoms with Crippen molar-refractivity contribution in [1.29, 1.82) is 0 Å². The number of rotatable bonds is 5. The van der Waals surface area contributed by atoms with Gasteiger partial charge in [-0.3, -0.25) is 19.2 Å². The second kappa shape index (κ2) is 7.15. The largest absolute Gasteiger partial charge is 0.480 e. The Kier molecular flexibility index (Phi) is 4.92. The van der Waals surface area contributed by atoms with E-state index in [0.29, 0.717) is 31.5 Å². The zero-order valence-electron chi connectivity index (χ0n) is 14.3. The number of amides is 3. The number of carbonyl (C=O) groups excluding carboxylic acids is 3. The van der Waals surface area contributed by atoms with Crippen LogP contribution in [0.2, 0.25) is 0 Å². The number of carboxylic acids is 1. The van der Waals surface area contributed by atoms with Gasteiger partial charge >= 0.3 is 5.97 Å². The van der Waals surface area contributed by atoms with Crippen LogP contribution in [0, 0.1) is 5.41 Å². The summed E-state index contributed by atoms with van der Waals surface area (Å²) in [6.45, 7) is 1.17. The first kappa shape index (κ1) is 17.9. The summed E-state index contributed by atoms with van der Waals surface area (Å²) in [6, 6.07) is 6.72. The fourth-order valence-corrected chi connectivity index (χ4v) is 3.18. The average molecular weight is 359 g/mol. The Morgan fingerprint density at radius 2 is 1.88 bits per heavy atom. The van der Waals surface area contributed by atoms with Gasteiger partial charge in [-0.1, -0.05) is 18.6 Å². The molecule has 3 amide bonds. The van der Waals surface area contributed by atoms with E-state index >= 15 is 0 Å². The highest BCUT2D eigenvalue weighted by atomic mass is 16.4. The van der Waals surface area contributed by atoms with Gasteiger partial charge < -0.3 is 20.6 Å². The minimum absolute atomic E-state index is 0.0495. The van der Waals surface area contributed by atoms with Crippen molar-refractivity contribution in [2.45, 2.75) is 25.8 Å².